The summed E-state index contributed by atoms with van der Waals surface area (Å²) in [5.74, 6) is 0. The molecule has 0 rings (SSSR count). The molecular weight excluding hydrogens is 164 g/mol. The second-order valence-corrected chi connectivity index (χ2v) is 5.74. The van der Waals surface area contributed by atoms with E-state index in [0.29, 0.717) is 6.54 Å². The summed E-state index contributed by atoms with van der Waals surface area (Å²) in [6, 6.07) is 0. The van der Waals surface area contributed by atoms with Crippen LogP contribution >= 0.6 is 0 Å². The van der Waals surface area contributed by atoms with E-state index in [0.717, 1.165) is 0 Å². The van der Waals surface area contributed by atoms with Gasteiger partial charge in [-0.3, -0.25) is 0 Å². The standard InChI is InChI=1S/C6H16N2O2S/c1-6(2,5-8(3)4)11(7,9)10/h5H2,1-4H3,(H2,7,9,10). The summed E-state index contributed by atoms with van der Waals surface area (Å²) in [5.41, 5.74) is 0. The van der Waals surface area contributed by atoms with Crippen molar-refractivity contribution in [2.75, 3.05) is 20.6 Å². The molecule has 0 heterocycles. The first kappa shape index (κ1) is 10.9. The second-order valence-electron chi connectivity index (χ2n) is 3.54. The maximum Gasteiger partial charge on any atom is 0.215 e. The van der Waals surface area contributed by atoms with Gasteiger partial charge in [0.1, 0.15) is 0 Å². The molecule has 68 valence electrons. The van der Waals surface area contributed by atoms with Crippen molar-refractivity contribution in [3.8, 4) is 0 Å². The molecule has 0 unspecified atom stereocenters. The van der Waals surface area contributed by atoms with Crippen molar-refractivity contribution in [2.45, 2.75) is 18.6 Å². The summed E-state index contributed by atoms with van der Waals surface area (Å²) in [6.45, 7) is 3.66. The molecule has 0 saturated carbocycles. The molecule has 4 nitrogen and oxygen atoms in total. The average molecular weight is 180 g/mol. The van der Waals surface area contributed by atoms with Gasteiger partial charge in [0.25, 0.3) is 0 Å². The highest BCUT2D eigenvalue weighted by atomic mass is 32.2. The smallest absolute Gasteiger partial charge is 0.215 e. The van der Waals surface area contributed by atoms with Crippen molar-refractivity contribution < 1.29 is 8.42 Å². The summed E-state index contributed by atoms with van der Waals surface area (Å²) in [7, 11) is 0.186. The number of nitrogens with two attached hydrogens (primary N) is 1. The van der Waals surface area contributed by atoms with E-state index in [4.69, 9.17) is 5.14 Å². The highest BCUT2D eigenvalue weighted by Crippen LogP contribution is 2.12. The van der Waals surface area contributed by atoms with Crippen LogP contribution in [0.1, 0.15) is 13.8 Å². The monoisotopic (exact) mass is 180 g/mol. The van der Waals surface area contributed by atoms with Crippen molar-refractivity contribution in [1.29, 1.82) is 0 Å². The van der Waals surface area contributed by atoms with Crippen molar-refractivity contribution in [2.24, 2.45) is 5.14 Å². The lowest BCUT2D eigenvalue weighted by Gasteiger charge is -2.25. The van der Waals surface area contributed by atoms with Crippen LogP contribution in [0.2, 0.25) is 0 Å². The van der Waals surface area contributed by atoms with Gasteiger partial charge < -0.3 is 4.90 Å². The molecule has 0 aliphatic rings. The molecule has 0 aromatic rings. The zero-order valence-electron chi connectivity index (χ0n) is 7.46. The highest BCUT2D eigenvalue weighted by Gasteiger charge is 2.31. The maximum atomic E-state index is 10.9. The highest BCUT2D eigenvalue weighted by molar-refractivity contribution is 7.90. The SMILES string of the molecule is CN(C)CC(C)(C)S(N)(=O)=O. The van der Waals surface area contributed by atoms with Gasteiger partial charge in [-0.1, -0.05) is 0 Å². The minimum atomic E-state index is -3.44. The lowest BCUT2D eigenvalue weighted by atomic mass is 10.2. The summed E-state index contributed by atoms with van der Waals surface area (Å²) in [5, 5.41) is 5.01. The minimum absolute atomic E-state index is 0.436. The van der Waals surface area contributed by atoms with Crippen LogP contribution in [0.4, 0.5) is 0 Å². The zero-order valence-corrected chi connectivity index (χ0v) is 8.27. The summed E-state index contributed by atoms with van der Waals surface area (Å²) in [6.07, 6.45) is 0. The van der Waals surface area contributed by atoms with Crippen molar-refractivity contribution in [1.82, 2.24) is 4.90 Å². The Morgan fingerprint density at radius 1 is 1.36 bits per heavy atom. The Hall–Kier alpha value is -0.130. The third kappa shape index (κ3) is 3.18. The van der Waals surface area contributed by atoms with Gasteiger partial charge in [-0.05, 0) is 27.9 Å². The molecule has 0 saturated heterocycles. The molecule has 0 aromatic carbocycles. The molecule has 0 bridgehead atoms. The van der Waals surface area contributed by atoms with Crippen LogP contribution in [0, 0.1) is 0 Å². The van der Waals surface area contributed by atoms with Crippen LogP contribution < -0.4 is 5.14 Å². The van der Waals surface area contributed by atoms with E-state index in [9.17, 15) is 8.42 Å². The molecule has 0 spiro atoms. The van der Waals surface area contributed by atoms with E-state index in [2.05, 4.69) is 0 Å². The summed E-state index contributed by atoms with van der Waals surface area (Å²) >= 11 is 0. The quantitative estimate of drug-likeness (QED) is 0.643. The van der Waals surface area contributed by atoms with Crippen molar-refractivity contribution >= 4 is 10.0 Å². The number of rotatable bonds is 3. The Morgan fingerprint density at radius 3 is 1.82 bits per heavy atom. The molecule has 0 atom stereocenters. The lowest BCUT2D eigenvalue weighted by Crippen LogP contribution is -2.45. The molecule has 0 amide bonds. The number of primary sulfonamides is 1. The van der Waals surface area contributed by atoms with Gasteiger partial charge in [0, 0.05) is 6.54 Å². The van der Waals surface area contributed by atoms with Crippen LogP contribution in [-0.4, -0.2) is 38.7 Å². The Morgan fingerprint density at radius 2 is 1.73 bits per heavy atom. The number of sulfonamides is 1. The van der Waals surface area contributed by atoms with Crippen LogP contribution in [0.25, 0.3) is 0 Å². The summed E-state index contributed by atoms with van der Waals surface area (Å²) in [4.78, 5) is 1.80. The van der Waals surface area contributed by atoms with E-state index in [1.165, 1.54) is 0 Å². The molecule has 0 radical (unpaired) electrons. The number of hydrogen-bond donors (Lipinski definition) is 1. The molecule has 2 N–H and O–H groups in total. The molecule has 0 aromatic heterocycles. The topological polar surface area (TPSA) is 63.4 Å². The van der Waals surface area contributed by atoms with E-state index < -0.39 is 14.8 Å². The van der Waals surface area contributed by atoms with Gasteiger partial charge in [-0.15, -0.1) is 0 Å². The number of nitrogens with zero attached hydrogens (tertiary/aromatic N) is 1. The van der Waals surface area contributed by atoms with Crippen LogP contribution in [0.3, 0.4) is 0 Å². The van der Waals surface area contributed by atoms with Crippen molar-refractivity contribution in [3.05, 3.63) is 0 Å². The molecule has 11 heavy (non-hydrogen) atoms. The Bertz CT molecular complexity index is 219. The van der Waals surface area contributed by atoms with Gasteiger partial charge in [0.05, 0.1) is 4.75 Å². The maximum absolute atomic E-state index is 10.9. The molecular formula is C6H16N2O2S. The second kappa shape index (κ2) is 3.08. The predicted molar refractivity (Wildman–Crippen MR) is 45.7 cm³/mol. The normalized spacial score (nSPS) is 14.0. The molecule has 0 aliphatic heterocycles. The average Bonchev–Trinajstić information content (AvgIpc) is 1.56. The largest absolute Gasteiger partial charge is 0.308 e. The van der Waals surface area contributed by atoms with Crippen molar-refractivity contribution in [3.63, 3.8) is 0 Å². The zero-order chi connectivity index (χ0) is 9.28. The van der Waals surface area contributed by atoms with Gasteiger partial charge in [0.2, 0.25) is 10.0 Å². The van der Waals surface area contributed by atoms with E-state index in [1.807, 2.05) is 14.1 Å². The first-order valence-electron chi connectivity index (χ1n) is 3.34. The van der Waals surface area contributed by atoms with E-state index in [1.54, 1.807) is 18.7 Å². The Balaban J connectivity index is 4.49. The third-order valence-corrected chi connectivity index (χ3v) is 3.14. The fraction of sp³-hybridized carbons (Fsp3) is 1.00. The molecule has 0 aliphatic carbocycles. The van der Waals surface area contributed by atoms with Gasteiger partial charge in [0.15, 0.2) is 0 Å². The van der Waals surface area contributed by atoms with E-state index in [-0.39, 0.29) is 0 Å². The van der Waals surface area contributed by atoms with E-state index >= 15 is 0 Å². The lowest BCUT2D eigenvalue weighted by molar-refractivity contribution is 0.361. The Kier molecular flexibility index (Phi) is 3.05. The fourth-order valence-electron chi connectivity index (χ4n) is 0.852. The van der Waals surface area contributed by atoms with Gasteiger partial charge in [-0.2, -0.15) is 0 Å². The summed E-state index contributed by atoms with van der Waals surface area (Å²) < 4.78 is 21.0. The van der Waals surface area contributed by atoms with Crippen LogP contribution in [-0.2, 0) is 10.0 Å². The first-order valence-corrected chi connectivity index (χ1v) is 4.88. The van der Waals surface area contributed by atoms with Gasteiger partial charge in [-0.25, -0.2) is 13.6 Å². The predicted octanol–water partition coefficient (Wildman–Crippen LogP) is -0.385. The van der Waals surface area contributed by atoms with Crippen LogP contribution in [0.15, 0.2) is 0 Å². The first-order chi connectivity index (χ1) is 4.67. The fourth-order valence-corrected chi connectivity index (χ4v) is 1.29. The molecule has 0 fully saturated rings. The Labute approximate surface area is 68.4 Å². The molecule has 5 heteroatoms. The minimum Gasteiger partial charge on any atom is -0.308 e. The number of hydrogen-bond acceptors (Lipinski definition) is 3. The van der Waals surface area contributed by atoms with Gasteiger partial charge >= 0.3 is 0 Å². The third-order valence-electron chi connectivity index (χ3n) is 1.47. The van der Waals surface area contributed by atoms with Crippen LogP contribution in [0.5, 0.6) is 0 Å².